The zero-order valence-electron chi connectivity index (χ0n) is 15.2. The Morgan fingerprint density at radius 3 is 1.85 bits per heavy atom. The summed E-state index contributed by atoms with van der Waals surface area (Å²) >= 11 is 0. The van der Waals surface area contributed by atoms with Crippen LogP contribution in [0.1, 0.15) is 46.2 Å². The highest BCUT2D eigenvalue weighted by Crippen LogP contribution is 2.40. The smallest absolute Gasteiger partial charge is 0.379 e. The second kappa shape index (κ2) is 6.71. The summed E-state index contributed by atoms with van der Waals surface area (Å²) in [5, 5.41) is 15.1. The molecule has 5 heteroatoms. The van der Waals surface area contributed by atoms with Crippen molar-refractivity contribution in [1.82, 2.24) is 5.32 Å². The molecule has 0 radical (unpaired) electrons. The van der Waals surface area contributed by atoms with Crippen LogP contribution in [0.5, 0.6) is 0 Å². The van der Waals surface area contributed by atoms with Crippen molar-refractivity contribution in [3.8, 4) is 0 Å². The number of aryl methyl sites for hydroxylation is 3. The Balaban J connectivity index is 2.23. The van der Waals surface area contributed by atoms with Crippen molar-refractivity contribution in [2.45, 2.75) is 51.4 Å². The average Bonchev–Trinajstić information content (AvgIpc) is 3.06. The number of nitrogens with one attached hydrogen (secondary N) is 1. The molecule has 2 atom stereocenters. The lowest BCUT2D eigenvalue weighted by molar-refractivity contribution is -0.137. The number of benzene rings is 2. The molecule has 2 N–H and O–H groups in total. The van der Waals surface area contributed by atoms with E-state index in [9.17, 15) is 18.3 Å². The third-order valence-electron chi connectivity index (χ3n) is 5.07. The maximum absolute atomic E-state index is 13.3. The first-order valence-corrected chi connectivity index (χ1v) is 8.84. The van der Waals surface area contributed by atoms with Gasteiger partial charge >= 0.3 is 6.18 Å². The van der Waals surface area contributed by atoms with Crippen molar-refractivity contribution in [3.05, 3.63) is 69.8 Å². The third kappa shape index (κ3) is 3.51. The van der Waals surface area contributed by atoms with E-state index in [-0.39, 0.29) is 11.6 Å². The number of hydrogen-bond acceptors (Lipinski definition) is 2. The third-order valence-corrected chi connectivity index (χ3v) is 5.07. The van der Waals surface area contributed by atoms with Crippen LogP contribution in [0.4, 0.5) is 13.2 Å². The highest BCUT2D eigenvalue weighted by Gasteiger charge is 2.43. The Kier molecular flexibility index (Phi) is 4.88. The molecule has 0 bridgehead atoms. The molecule has 3 rings (SSSR count). The van der Waals surface area contributed by atoms with E-state index in [0.717, 1.165) is 36.2 Å². The van der Waals surface area contributed by atoms with Gasteiger partial charge in [-0.1, -0.05) is 41.0 Å². The molecule has 2 aromatic rings. The van der Waals surface area contributed by atoms with Gasteiger partial charge in [0.15, 0.2) is 0 Å². The second-order valence-electron chi connectivity index (χ2n) is 7.38. The summed E-state index contributed by atoms with van der Waals surface area (Å²) in [5.41, 5.74) is 1.10. The van der Waals surface area contributed by atoms with Gasteiger partial charge in [0, 0.05) is 6.04 Å². The van der Waals surface area contributed by atoms with Crippen molar-refractivity contribution >= 4 is 0 Å². The predicted molar refractivity (Wildman–Crippen MR) is 96.1 cm³/mol. The predicted octanol–water partition coefficient (Wildman–Crippen LogP) is 4.62. The van der Waals surface area contributed by atoms with Gasteiger partial charge in [-0.25, -0.2) is 0 Å². The summed E-state index contributed by atoms with van der Waals surface area (Å²) < 4.78 is 40.0. The number of alkyl halides is 3. The van der Waals surface area contributed by atoms with Crippen molar-refractivity contribution < 1.29 is 18.3 Å². The molecule has 0 saturated carbocycles. The van der Waals surface area contributed by atoms with Crippen LogP contribution in [-0.2, 0) is 11.8 Å². The molecular formula is C21H24F3NO. The Morgan fingerprint density at radius 1 is 0.846 bits per heavy atom. The van der Waals surface area contributed by atoms with Gasteiger partial charge in [-0.2, -0.15) is 13.2 Å². The van der Waals surface area contributed by atoms with E-state index < -0.39 is 17.3 Å². The van der Waals surface area contributed by atoms with Gasteiger partial charge in [0.05, 0.1) is 5.56 Å². The highest BCUT2D eigenvalue weighted by molar-refractivity contribution is 5.45. The van der Waals surface area contributed by atoms with E-state index in [1.54, 1.807) is 13.0 Å². The van der Waals surface area contributed by atoms with E-state index in [2.05, 4.69) is 5.32 Å². The van der Waals surface area contributed by atoms with Gasteiger partial charge < -0.3 is 10.4 Å². The minimum absolute atomic E-state index is 0.286. The molecule has 2 aromatic carbocycles. The zero-order valence-corrected chi connectivity index (χ0v) is 15.2. The van der Waals surface area contributed by atoms with E-state index in [4.69, 9.17) is 0 Å². The first-order chi connectivity index (χ1) is 12.1. The molecule has 0 amide bonds. The van der Waals surface area contributed by atoms with Gasteiger partial charge in [0.1, 0.15) is 5.60 Å². The fourth-order valence-electron chi connectivity index (χ4n) is 3.97. The first kappa shape index (κ1) is 18.9. The van der Waals surface area contributed by atoms with E-state index in [1.165, 1.54) is 0 Å². The van der Waals surface area contributed by atoms with Crippen LogP contribution >= 0.6 is 0 Å². The molecule has 0 aromatic heterocycles. The largest absolute Gasteiger partial charge is 0.416 e. The fraction of sp³-hybridized carbons (Fsp3) is 0.429. The van der Waals surface area contributed by atoms with Crippen molar-refractivity contribution in [2.24, 2.45) is 0 Å². The molecule has 1 aliphatic rings. The Morgan fingerprint density at radius 2 is 1.35 bits per heavy atom. The molecule has 1 fully saturated rings. The van der Waals surface area contributed by atoms with E-state index in [0.29, 0.717) is 17.5 Å². The molecule has 140 valence electrons. The minimum atomic E-state index is -4.45. The van der Waals surface area contributed by atoms with Gasteiger partial charge in [0.25, 0.3) is 0 Å². The van der Waals surface area contributed by atoms with E-state index in [1.807, 2.05) is 32.0 Å². The number of aliphatic hydroxyl groups is 1. The highest BCUT2D eigenvalue weighted by atomic mass is 19.4. The SMILES string of the molecule is Cc1cc(C)cc(C(O)(c2cc(C)cc(C(F)(F)F)c2)[C@@H]2CCCN2)c1. The van der Waals surface area contributed by atoms with Crippen LogP contribution in [0.15, 0.2) is 36.4 Å². The summed E-state index contributed by atoms with van der Waals surface area (Å²) in [6.07, 6.45) is -2.86. The molecular weight excluding hydrogens is 339 g/mol. The Labute approximate surface area is 152 Å². The van der Waals surface area contributed by atoms with Gasteiger partial charge in [0.2, 0.25) is 0 Å². The summed E-state index contributed by atoms with van der Waals surface area (Å²) in [5.74, 6) is 0. The lowest BCUT2D eigenvalue weighted by Crippen LogP contribution is -2.46. The Hall–Kier alpha value is -1.85. The summed E-state index contributed by atoms with van der Waals surface area (Å²) in [6.45, 7) is 6.23. The molecule has 1 aliphatic heterocycles. The van der Waals surface area contributed by atoms with Crippen LogP contribution in [0.25, 0.3) is 0 Å². The lowest BCUT2D eigenvalue weighted by atomic mass is 9.77. The summed E-state index contributed by atoms with van der Waals surface area (Å²) in [6, 6.07) is 9.26. The number of halogens is 3. The van der Waals surface area contributed by atoms with Crippen LogP contribution in [0.3, 0.4) is 0 Å². The normalized spacial score (nSPS) is 20.2. The van der Waals surface area contributed by atoms with Gasteiger partial charge in [-0.15, -0.1) is 0 Å². The molecule has 0 spiro atoms. The molecule has 0 aliphatic carbocycles. The molecule has 2 nitrogen and oxygen atoms in total. The second-order valence-corrected chi connectivity index (χ2v) is 7.38. The van der Waals surface area contributed by atoms with Crippen LogP contribution in [0.2, 0.25) is 0 Å². The monoisotopic (exact) mass is 363 g/mol. The number of rotatable bonds is 3. The Bertz CT molecular complexity index is 789. The van der Waals surface area contributed by atoms with Crippen molar-refractivity contribution in [2.75, 3.05) is 6.54 Å². The maximum Gasteiger partial charge on any atom is 0.416 e. The van der Waals surface area contributed by atoms with Crippen LogP contribution < -0.4 is 5.32 Å². The summed E-state index contributed by atoms with van der Waals surface area (Å²) in [4.78, 5) is 0. The maximum atomic E-state index is 13.3. The fourth-order valence-corrected chi connectivity index (χ4v) is 3.97. The van der Waals surface area contributed by atoms with Crippen molar-refractivity contribution in [1.29, 1.82) is 0 Å². The molecule has 1 saturated heterocycles. The van der Waals surface area contributed by atoms with Crippen LogP contribution in [-0.4, -0.2) is 17.7 Å². The first-order valence-electron chi connectivity index (χ1n) is 8.84. The summed E-state index contributed by atoms with van der Waals surface area (Å²) in [7, 11) is 0. The van der Waals surface area contributed by atoms with Gasteiger partial charge in [-0.3, -0.25) is 0 Å². The number of hydrogen-bond donors (Lipinski definition) is 2. The molecule has 1 heterocycles. The van der Waals surface area contributed by atoms with Crippen LogP contribution in [0, 0.1) is 20.8 Å². The lowest BCUT2D eigenvalue weighted by Gasteiger charge is -2.36. The topological polar surface area (TPSA) is 32.3 Å². The van der Waals surface area contributed by atoms with Crippen molar-refractivity contribution in [3.63, 3.8) is 0 Å². The van der Waals surface area contributed by atoms with E-state index >= 15 is 0 Å². The average molecular weight is 363 g/mol. The minimum Gasteiger partial charge on any atom is -0.379 e. The van der Waals surface area contributed by atoms with Gasteiger partial charge in [-0.05, 0) is 63.4 Å². The zero-order chi connectivity index (χ0) is 19.1. The molecule has 26 heavy (non-hydrogen) atoms. The molecule has 1 unspecified atom stereocenters. The quantitative estimate of drug-likeness (QED) is 0.834. The standard InChI is InChI=1S/C21H24F3NO/c1-13-7-14(2)9-16(8-13)20(26,19-5-4-6-25-19)17-10-15(3)11-18(12-17)21(22,23)24/h7-12,19,25-26H,4-6H2,1-3H3/t19-,20?/m0/s1.